The molecule has 17 heavy (non-hydrogen) atoms. The van der Waals surface area contributed by atoms with Crippen molar-refractivity contribution in [2.45, 2.75) is 29.2 Å². The number of aromatic nitrogens is 1. The van der Waals surface area contributed by atoms with Crippen molar-refractivity contribution in [3.63, 3.8) is 0 Å². The van der Waals surface area contributed by atoms with E-state index in [9.17, 15) is 9.50 Å². The van der Waals surface area contributed by atoms with E-state index >= 15 is 0 Å². The van der Waals surface area contributed by atoms with Crippen molar-refractivity contribution in [2.75, 3.05) is 0 Å². The zero-order valence-corrected chi connectivity index (χ0v) is 11.1. The topological polar surface area (TPSA) is 33.1 Å². The molecular weight excluding hydrogens is 257 g/mol. The van der Waals surface area contributed by atoms with E-state index in [0.29, 0.717) is 11.1 Å². The van der Waals surface area contributed by atoms with Gasteiger partial charge in [0.2, 0.25) is 0 Å². The van der Waals surface area contributed by atoms with Gasteiger partial charge in [0, 0.05) is 16.5 Å². The molecule has 5 heteroatoms. The fraction of sp³-hybridized carbons (Fsp3) is 0.250. The van der Waals surface area contributed by atoms with Gasteiger partial charge in [-0.05, 0) is 37.1 Å². The quantitative estimate of drug-likeness (QED) is 0.920. The largest absolute Gasteiger partial charge is 0.389 e. The van der Waals surface area contributed by atoms with Gasteiger partial charge < -0.3 is 5.11 Å². The fourth-order valence-electron chi connectivity index (χ4n) is 1.44. The summed E-state index contributed by atoms with van der Waals surface area (Å²) in [6.07, 6.45) is 1.04. The van der Waals surface area contributed by atoms with Crippen molar-refractivity contribution < 1.29 is 9.50 Å². The highest BCUT2D eigenvalue weighted by atomic mass is 32.2. The van der Waals surface area contributed by atoms with Gasteiger partial charge in [0.15, 0.2) is 4.34 Å². The lowest BCUT2D eigenvalue weighted by Crippen LogP contribution is -1.97. The standard InChI is InChI=1S/C12H12FNOS2/c1-7-5-11(17-12-14-3-4-16-12)9(8(2)15)6-10(7)13/h3-6,8,15H,1-2H3/t8-/m0/s1. The second-order valence-electron chi connectivity index (χ2n) is 3.72. The first-order chi connectivity index (χ1) is 8.08. The average Bonchev–Trinajstić information content (AvgIpc) is 2.75. The van der Waals surface area contributed by atoms with Crippen LogP contribution in [0.4, 0.5) is 4.39 Å². The lowest BCUT2D eigenvalue weighted by Gasteiger charge is -2.12. The average molecular weight is 269 g/mol. The molecule has 0 aliphatic heterocycles. The minimum atomic E-state index is -0.687. The van der Waals surface area contributed by atoms with Crippen LogP contribution in [0, 0.1) is 12.7 Å². The molecule has 1 atom stereocenters. The normalized spacial score (nSPS) is 12.7. The van der Waals surface area contributed by atoms with E-state index in [0.717, 1.165) is 9.24 Å². The lowest BCUT2D eigenvalue weighted by atomic mass is 10.1. The van der Waals surface area contributed by atoms with Crippen LogP contribution in [0.5, 0.6) is 0 Å². The van der Waals surface area contributed by atoms with Gasteiger partial charge in [-0.15, -0.1) is 11.3 Å². The van der Waals surface area contributed by atoms with Crippen LogP contribution in [0.25, 0.3) is 0 Å². The monoisotopic (exact) mass is 269 g/mol. The van der Waals surface area contributed by atoms with E-state index in [2.05, 4.69) is 4.98 Å². The Morgan fingerprint density at radius 2 is 2.24 bits per heavy atom. The van der Waals surface area contributed by atoms with Gasteiger partial charge in [-0.25, -0.2) is 9.37 Å². The maximum absolute atomic E-state index is 13.5. The minimum absolute atomic E-state index is 0.288. The van der Waals surface area contributed by atoms with Crippen LogP contribution in [-0.2, 0) is 0 Å². The molecular formula is C12H12FNOS2. The van der Waals surface area contributed by atoms with Crippen molar-refractivity contribution in [1.29, 1.82) is 0 Å². The van der Waals surface area contributed by atoms with Crippen molar-refractivity contribution in [3.05, 3.63) is 40.7 Å². The number of thiazole rings is 1. The molecule has 0 saturated heterocycles. The molecule has 2 aromatic rings. The highest BCUT2D eigenvalue weighted by Crippen LogP contribution is 2.35. The Bertz CT molecular complexity index is 511. The summed E-state index contributed by atoms with van der Waals surface area (Å²) >= 11 is 2.98. The zero-order chi connectivity index (χ0) is 12.4. The highest BCUT2D eigenvalue weighted by Gasteiger charge is 2.13. The first kappa shape index (κ1) is 12.5. The summed E-state index contributed by atoms with van der Waals surface area (Å²) in [6, 6.07) is 3.15. The van der Waals surface area contributed by atoms with Crippen LogP contribution in [0.1, 0.15) is 24.2 Å². The van der Waals surface area contributed by atoms with Gasteiger partial charge in [0.25, 0.3) is 0 Å². The molecule has 0 aliphatic carbocycles. The molecule has 0 saturated carbocycles. The smallest absolute Gasteiger partial charge is 0.154 e. The van der Waals surface area contributed by atoms with Crippen molar-refractivity contribution in [1.82, 2.24) is 4.98 Å². The maximum Gasteiger partial charge on any atom is 0.154 e. The molecule has 0 amide bonds. The molecule has 0 unspecified atom stereocenters. The van der Waals surface area contributed by atoms with Gasteiger partial charge in [0.1, 0.15) is 5.82 Å². The van der Waals surface area contributed by atoms with Gasteiger partial charge in [-0.1, -0.05) is 11.8 Å². The minimum Gasteiger partial charge on any atom is -0.389 e. The number of rotatable bonds is 3. The summed E-state index contributed by atoms with van der Waals surface area (Å²) in [5.41, 5.74) is 1.18. The van der Waals surface area contributed by atoms with Gasteiger partial charge in [0.05, 0.1) is 6.10 Å². The molecule has 0 fully saturated rings. The Morgan fingerprint density at radius 1 is 1.47 bits per heavy atom. The van der Waals surface area contributed by atoms with E-state index in [1.54, 1.807) is 26.1 Å². The predicted octanol–water partition coefficient (Wildman–Crippen LogP) is 3.80. The summed E-state index contributed by atoms with van der Waals surface area (Å²) < 4.78 is 14.4. The van der Waals surface area contributed by atoms with Gasteiger partial charge in [-0.3, -0.25) is 0 Å². The number of hydrogen-bond donors (Lipinski definition) is 1. The van der Waals surface area contributed by atoms with Crippen molar-refractivity contribution >= 4 is 23.1 Å². The number of benzene rings is 1. The summed E-state index contributed by atoms with van der Waals surface area (Å²) in [6.45, 7) is 3.35. The summed E-state index contributed by atoms with van der Waals surface area (Å²) in [4.78, 5) is 5.03. The Balaban J connectivity index is 2.41. The number of aliphatic hydroxyl groups is 1. The number of halogens is 1. The third kappa shape index (κ3) is 2.86. The van der Waals surface area contributed by atoms with Crippen LogP contribution >= 0.6 is 23.1 Å². The fourth-order valence-corrected chi connectivity index (χ4v) is 3.31. The lowest BCUT2D eigenvalue weighted by molar-refractivity contribution is 0.196. The number of nitrogens with zero attached hydrogens (tertiary/aromatic N) is 1. The second kappa shape index (κ2) is 5.16. The highest BCUT2D eigenvalue weighted by molar-refractivity contribution is 8.01. The van der Waals surface area contributed by atoms with E-state index in [1.165, 1.54) is 29.2 Å². The third-order valence-corrected chi connectivity index (χ3v) is 4.31. The van der Waals surface area contributed by atoms with E-state index in [1.807, 2.05) is 5.38 Å². The summed E-state index contributed by atoms with van der Waals surface area (Å²) in [7, 11) is 0. The first-order valence-corrected chi connectivity index (χ1v) is 6.83. The Labute approximate surface area is 108 Å². The summed E-state index contributed by atoms with van der Waals surface area (Å²) in [5.74, 6) is -0.288. The SMILES string of the molecule is Cc1cc(Sc2nccs2)c([C@H](C)O)cc1F. The molecule has 1 aromatic carbocycles. The Morgan fingerprint density at radius 3 is 2.82 bits per heavy atom. The molecule has 1 N–H and O–H groups in total. The van der Waals surface area contributed by atoms with Crippen LogP contribution in [-0.4, -0.2) is 10.1 Å². The molecule has 0 bridgehead atoms. The maximum atomic E-state index is 13.5. The molecule has 2 nitrogen and oxygen atoms in total. The van der Waals surface area contributed by atoms with Crippen LogP contribution in [0.2, 0.25) is 0 Å². The molecule has 0 radical (unpaired) electrons. The zero-order valence-electron chi connectivity index (χ0n) is 9.48. The Hall–Kier alpha value is -0.910. The first-order valence-electron chi connectivity index (χ1n) is 5.13. The third-order valence-electron chi connectivity index (χ3n) is 2.35. The predicted molar refractivity (Wildman–Crippen MR) is 68.0 cm³/mol. The molecule has 1 heterocycles. The summed E-state index contributed by atoms with van der Waals surface area (Å²) in [5, 5.41) is 11.5. The molecule has 0 aliphatic rings. The van der Waals surface area contributed by atoms with Crippen LogP contribution in [0.15, 0.2) is 32.9 Å². The molecule has 90 valence electrons. The number of aliphatic hydroxyl groups excluding tert-OH is 1. The van der Waals surface area contributed by atoms with E-state index < -0.39 is 6.10 Å². The molecule has 2 rings (SSSR count). The molecule has 0 spiro atoms. The van der Waals surface area contributed by atoms with Crippen LogP contribution < -0.4 is 0 Å². The number of aryl methyl sites for hydroxylation is 1. The molecule has 1 aromatic heterocycles. The van der Waals surface area contributed by atoms with E-state index in [4.69, 9.17) is 0 Å². The van der Waals surface area contributed by atoms with E-state index in [-0.39, 0.29) is 5.82 Å². The van der Waals surface area contributed by atoms with Crippen LogP contribution in [0.3, 0.4) is 0 Å². The number of hydrogen-bond acceptors (Lipinski definition) is 4. The Kier molecular flexibility index (Phi) is 3.81. The van der Waals surface area contributed by atoms with Crippen molar-refractivity contribution in [2.24, 2.45) is 0 Å². The van der Waals surface area contributed by atoms with Gasteiger partial charge in [-0.2, -0.15) is 0 Å². The second-order valence-corrected chi connectivity index (χ2v) is 5.90. The van der Waals surface area contributed by atoms with Crippen molar-refractivity contribution in [3.8, 4) is 0 Å². The van der Waals surface area contributed by atoms with Gasteiger partial charge >= 0.3 is 0 Å².